The fourth-order valence-electron chi connectivity index (χ4n) is 2.79. The zero-order valence-electron chi connectivity index (χ0n) is 13.1. The maximum Gasteiger partial charge on any atom is 0.198 e. The highest BCUT2D eigenvalue weighted by Gasteiger charge is 2.47. The highest BCUT2D eigenvalue weighted by Crippen LogP contribution is 2.41. The van der Waals surface area contributed by atoms with E-state index in [9.17, 15) is 9.90 Å². The molecule has 1 N–H and O–H groups in total. The Morgan fingerprint density at radius 3 is 2.38 bits per heavy atom. The number of aryl methyl sites for hydroxylation is 1. The summed E-state index contributed by atoms with van der Waals surface area (Å²) in [5.74, 6) is -0.180. The van der Waals surface area contributed by atoms with Gasteiger partial charge >= 0.3 is 0 Å². The monoisotopic (exact) mass is 352 g/mol. The second-order valence-corrected chi connectivity index (χ2v) is 7.25. The Balaban J connectivity index is 2.73. The summed E-state index contributed by atoms with van der Waals surface area (Å²) in [5, 5.41) is 10.6. The molecule has 2 rings (SSSR count). The van der Waals surface area contributed by atoms with Gasteiger partial charge in [0.1, 0.15) is 17.0 Å². The molecule has 21 heavy (non-hydrogen) atoms. The molecule has 0 aliphatic carbocycles. The highest BCUT2D eigenvalue weighted by atomic mass is 79.9. The molecule has 0 aromatic heterocycles. The topological polar surface area (TPSA) is 46.5 Å². The van der Waals surface area contributed by atoms with E-state index in [1.54, 1.807) is 27.7 Å². The molecule has 114 valence electrons. The second-order valence-electron chi connectivity index (χ2n) is 6.33. The lowest BCUT2D eigenvalue weighted by Crippen LogP contribution is -2.49. The Bertz CT molecular complexity index is 627. The van der Waals surface area contributed by atoms with Gasteiger partial charge in [-0.2, -0.15) is 0 Å². The minimum absolute atomic E-state index is 0.00356. The second kappa shape index (κ2) is 5.25. The number of halogens is 1. The average molecular weight is 353 g/mol. The van der Waals surface area contributed by atoms with Gasteiger partial charge in [-0.3, -0.25) is 4.79 Å². The van der Waals surface area contributed by atoms with E-state index in [2.05, 4.69) is 15.9 Å². The molecular weight excluding hydrogens is 332 g/mol. The van der Waals surface area contributed by atoms with Gasteiger partial charge in [0.05, 0.1) is 5.57 Å². The lowest BCUT2D eigenvalue weighted by Gasteiger charge is -2.40. The number of aliphatic hydroxyl groups is 1. The van der Waals surface area contributed by atoms with Crippen LogP contribution in [-0.2, 0) is 16.0 Å². The van der Waals surface area contributed by atoms with Crippen molar-refractivity contribution >= 4 is 27.3 Å². The molecule has 1 aliphatic rings. The SMILES string of the molecule is CCc1cc(Br)ccc1C1=C(O)C(C)(C)OC(C)(C)C1=O. The molecule has 4 heteroatoms. The molecule has 3 nitrogen and oxygen atoms in total. The first-order chi connectivity index (χ1) is 9.60. The number of hydrogen-bond acceptors (Lipinski definition) is 3. The highest BCUT2D eigenvalue weighted by molar-refractivity contribution is 9.10. The van der Waals surface area contributed by atoms with E-state index in [0.717, 1.165) is 22.0 Å². The van der Waals surface area contributed by atoms with E-state index in [1.807, 2.05) is 25.1 Å². The third kappa shape index (κ3) is 2.79. The molecule has 0 spiro atoms. The van der Waals surface area contributed by atoms with Crippen molar-refractivity contribution in [2.45, 2.75) is 52.2 Å². The number of ketones is 1. The summed E-state index contributed by atoms with van der Waals surface area (Å²) in [6.07, 6.45) is 0.778. The van der Waals surface area contributed by atoms with E-state index in [0.29, 0.717) is 5.57 Å². The van der Waals surface area contributed by atoms with E-state index < -0.39 is 11.2 Å². The first-order valence-corrected chi connectivity index (χ1v) is 7.87. The number of ether oxygens (including phenoxy) is 1. The number of aliphatic hydroxyl groups excluding tert-OH is 1. The first kappa shape index (κ1) is 16.2. The molecule has 1 aliphatic heterocycles. The van der Waals surface area contributed by atoms with Gasteiger partial charge in [0, 0.05) is 4.47 Å². The normalized spacial score (nSPS) is 20.8. The van der Waals surface area contributed by atoms with Crippen LogP contribution in [0, 0.1) is 0 Å². The molecule has 0 unspecified atom stereocenters. The third-order valence-corrected chi connectivity index (χ3v) is 4.30. The van der Waals surface area contributed by atoms with Crippen LogP contribution in [0.5, 0.6) is 0 Å². The smallest absolute Gasteiger partial charge is 0.198 e. The molecule has 1 aromatic rings. The number of carbonyl (C=O) groups excluding carboxylic acids is 1. The van der Waals surface area contributed by atoms with Crippen molar-refractivity contribution in [2.24, 2.45) is 0 Å². The summed E-state index contributed by atoms with van der Waals surface area (Å²) >= 11 is 3.45. The number of benzene rings is 1. The first-order valence-electron chi connectivity index (χ1n) is 7.07. The average Bonchev–Trinajstić information content (AvgIpc) is 2.37. The van der Waals surface area contributed by atoms with Gasteiger partial charge in [0.25, 0.3) is 0 Å². The molecular formula is C17H21BrO3. The van der Waals surface area contributed by atoms with Crippen LogP contribution >= 0.6 is 15.9 Å². The van der Waals surface area contributed by atoms with Gasteiger partial charge in [-0.25, -0.2) is 0 Å². The van der Waals surface area contributed by atoms with Crippen LogP contribution in [0.2, 0.25) is 0 Å². The summed E-state index contributed by atoms with van der Waals surface area (Å²) < 4.78 is 6.73. The molecule has 1 aromatic carbocycles. The van der Waals surface area contributed by atoms with Crippen LogP contribution in [0.25, 0.3) is 5.57 Å². The number of carbonyl (C=O) groups is 1. The Morgan fingerprint density at radius 2 is 1.81 bits per heavy atom. The molecule has 0 saturated carbocycles. The van der Waals surface area contributed by atoms with Crippen molar-refractivity contribution in [3.8, 4) is 0 Å². The molecule has 0 radical (unpaired) electrons. The molecule has 0 fully saturated rings. The van der Waals surface area contributed by atoms with Crippen molar-refractivity contribution in [3.63, 3.8) is 0 Å². The van der Waals surface area contributed by atoms with E-state index in [-0.39, 0.29) is 11.5 Å². The van der Waals surface area contributed by atoms with Gasteiger partial charge in [0.2, 0.25) is 0 Å². The molecule has 0 amide bonds. The summed E-state index contributed by atoms with van der Waals surface area (Å²) in [4.78, 5) is 12.7. The van der Waals surface area contributed by atoms with Gasteiger partial charge < -0.3 is 9.84 Å². The van der Waals surface area contributed by atoms with Crippen LogP contribution in [0.15, 0.2) is 28.4 Å². The number of hydrogen-bond donors (Lipinski definition) is 1. The number of rotatable bonds is 2. The Hall–Kier alpha value is -1.13. The van der Waals surface area contributed by atoms with Crippen LogP contribution in [0.3, 0.4) is 0 Å². The van der Waals surface area contributed by atoms with Crippen LogP contribution in [0.4, 0.5) is 0 Å². The zero-order valence-corrected chi connectivity index (χ0v) is 14.7. The summed E-state index contributed by atoms with van der Waals surface area (Å²) in [6, 6.07) is 5.75. The Kier molecular flexibility index (Phi) is 4.06. The number of Topliss-reactive ketones (excluding diaryl/α,β-unsaturated/α-hetero) is 1. The minimum Gasteiger partial charge on any atom is -0.508 e. The summed E-state index contributed by atoms with van der Waals surface area (Å²) in [7, 11) is 0. The van der Waals surface area contributed by atoms with Gasteiger partial charge in [0.15, 0.2) is 5.78 Å². The van der Waals surface area contributed by atoms with Crippen LogP contribution in [0.1, 0.15) is 45.7 Å². The maximum absolute atomic E-state index is 12.7. The van der Waals surface area contributed by atoms with Gasteiger partial charge in [-0.15, -0.1) is 0 Å². The standard InChI is InChI=1S/C17H21BrO3/c1-6-10-9-11(18)7-8-12(10)13-14(19)16(2,3)21-17(4,5)15(13)20/h7-9,19H,6H2,1-5H3. The summed E-state index contributed by atoms with van der Waals surface area (Å²) in [6.45, 7) is 9.08. The van der Waals surface area contributed by atoms with Crippen molar-refractivity contribution in [1.82, 2.24) is 0 Å². The van der Waals surface area contributed by atoms with E-state index >= 15 is 0 Å². The largest absolute Gasteiger partial charge is 0.508 e. The van der Waals surface area contributed by atoms with Crippen molar-refractivity contribution < 1.29 is 14.6 Å². The van der Waals surface area contributed by atoms with Gasteiger partial charge in [-0.1, -0.05) is 28.9 Å². The predicted octanol–water partition coefficient (Wildman–Crippen LogP) is 4.44. The van der Waals surface area contributed by atoms with Crippen LogP contribution < -0.4 is 0 Å². The van der Waals surface area contributed by atoms with Crippen molar-refractivity contribution in [3.05, 3.63) is 39.6 Å². The molecule has 0 bridgehead atoms. The fourth-order valence-corrected chi connectivity index (χ4v) is 3.20. The summed E-state index contributed by atoms with van der Waals surface area (Å²) in [5.41, 5.74) is 0.342. The van der Waals surface area contributed by atoms with Crippen molar-refractivity contribution in [1.29, 1.82) is 0 Å². The minimum atomic E-state index is -0.955. The molecule has 1 heterocycles. The predicted molar refractivity (Wildman–Crippen MR) is 87.3 cm³/mol. The Labute approximate surface area is 134 Å². The quantitative estimate of drug-likeness (QED) is 0.855. The zero-order chi connectivity index (χ0) is 16.0. The fraction of sp³-hybridized carbons (Fsp3) is 0.471. The van der Waals surface area contributed by atoms with Crippen molar-refractivity contribution in [2.75, 3.05) is 0 Å². The third-order valence-electron chi connectivity index (χ3n) is 3.81. The lowest BCUT2D eigenvalue weighted by atomic mass is 9.81. The molecule has 0 saturated heterocycles. The van der Waals surface area contributed by atoms with E-state index in [4.69, 9.17) is 4.74 Å². The van der Waals surface area contributed by atoms with E-state index in [1.165, 1.54) is 0 Å². The maximum atomic E-state index is 12.7. The van der Waals surface area contributed by atoms with Crippen LogP contribution in [-0.4, -0.2) is 22.1 Å². The lowest BCUT2D eigenvalue weighted by molar-refractivity contribution is -0.158. The van der Waals surface area contributed by atoms with Gasteiger partial charge in [-0.05, 0) is 57.4 Å². The Morgan fingerprint density at radius 1 is 1.19 bits per heavy atom. The molecule has 0 atom stereocenters.